The zero-order valence-corrected chi connectivity index (χ0v) is 12.3. The van der Waals surface area contributed by atoms with E-state index in [1.807, 2.05) is 18.0 Å². The maximum absolute atomic E-state index is 12.2. The molecule has 6 heteroatoms. The van der Waals surface area contributed by atoms with Crippen molar-refractivity contribution in [3.8, 4) is 0 Å². The summed E-state index contributed by atoms with van der Waals surface area (Å²) >= 11 is 0. The van der Waals surface area contributed by atoms with Crippen LogP contribution in [-0.4, -0.2) is 52.7 Å². The summed E-state index contributed by atoms with van der Waals surface area (Å²) in [5, 5.41) is 3.27. The van der Waals surface area contributed by atoms with E-state index in [1.54, 1.807) is 6.20 Å². The van der Waals surface area contributed by atoms with Gasteiger partial charge in [0.2, 0.25) is 5.91 Å². The first-order valence-corrected chi connectivity index (χ1v) is 7.32. The van der Waals surface area contributed by atoms with Gasteiger partial charge in [-0.2, -0.15) is 0 Å². The number of ether oxygens (including phenoxy) is 1. The number of morpholine rings is 1. The van der Waals surface area contributed by atoms with Crippen molar-refractivity contribution < 1.29 is 9.53 Å². The SMILES string of the molecule is CCCn1ccnc1CNC(C)C(=O)N1CCOCC1. The average molecular weight is 280 g/mol. The predicted octanol–water partition coefficient (Wildman–Crippen LogP) is 0.630. The molecule has 112 valence electrons. The largest absolute Gasteiger partial charge is 0.378 e. The molecule has 6 nitrogen and oxygen atoms in total. The Hall–Kier alpha value is -1.40. The Morgan fingerprint density at radius 1 is 1.50 bits per heavy atom. The van der Waals surface area contributed by atoms with Gasteiger partial charge in [-0.05, 0) is 13.3 Å². The molecule has 1 aliphatic rings. The van der Waals surface area contributed by atoms with Crippen LogP contribution in [0.2, 0.25) is 0 Å². The van der Waals surface area contributed by atoms with Crippen LogP contribution >= 0.6 is 0 Å². The van der Waals surface area contributed by atoms with Gasteiger partial charge in [0.1, 0.15) is 5.82 Å². The molecule has 1 fully saturated rings. The minimum atomic E-state index is -0.195. The van der Waals surface area contributed by atoms with Gasteiger partial charge in [-0.25, -0.2) is 4.98 Å². The van der Waals surface area contributed by atoms with Crippen molar-refractivity contribution in [3.63, 3.8) is 0 Å². The van der Waals surface area contributed by atoms with E-state index in [0.29, 0.717) is 32.8 Å². The molecule has 0 spiro atoms. The molecule has 1 amide bonds. The van der Waals surface area contributed by atoms with Crippen molar-refractivity contribution in [2.24, 2.45) is 0 Å². The summed E-state index contributed by atoms with van der Waals surface area (Å²) < 4.78 is 7.39. The van der Waals surface area contributed by atoms with Crippen molar-refractivity contribution >= 4 is 5.91 Å². The van der Waals surface area contributed by atoms with Gasteiger partial charge in [0, 0.05) is 32.0 Å². The monoisotopic (exact) mass is 280 g/mol. The van der Waals surface area contributed by atoms with Crippen molar-refractivity contribution in [2.75, 3.05) is 26.3 Å². The lowest BCUT2D eigenvalue weighted by Crippen LogP contribution is -2.49. The molecule has 2 heterocycles. The van der Waals surface area contributed by atoms with E-state index in [0.717, 1.165) is 18.8 Å². The van der Waals surface area contributed by atoms with Crippen LogP contribution in [0.1, 0.15) is 26.1 Å². The Morgan fingerprint density at radius 3 is 2.95 bits per heavy atom. The highest BCUT2D eigenvalue weighted by molar-refractivity contribution is 5.81. The van der Waals surface area contributed by atoms with Gasteiger partial charge in [0.15, 0.2) is 0 Å². The number of imidazole rings is 1. The van der Waals surface area contributed by atoms with Crippen LogP contribution in [0.5, 0.6) is 0 Å². The second kappa shape index (κ2) is 7.40. The number of carbonyl (C=O) groups excluding carboxylic acids is 1. The van der Waals surface area contributed by atoms with E-state index in [2.05, 4.69) is 21.8 Å². The quantitative estimate of drug-likeness (QED) is 0.830. The van der Waals surface area contributed by atoms with Crippen LogP contribution in [0.4, 0.5) is 0 Å². The smallest absolute Gasteiger partial charge is 0.239 e. The third-order valence-electron chi connectivity index (χ3n) is 3.53. The lowest BCUT2D eigenvalue weighted by atomic mass is 10.2. The summed E-state index contributed by atoms with van der Waals surface area (Å²) in [7, 11) is 0. The molecule has 20 heavy (non-hydrogen) atoms. The first-order chi connectivity index (χ1) is 9.72. The van der Waals surface area contributed by atoms with E-state index >= 15 is 0 Å². The highest BCUT2D eigenvalue weighted by atomic mass is 16.5. The number of nitrogens with one attached hydrogen (secondary N) is 1. The fraction of sp³-hybridized carbons (Fsp3) is 0.714. The summed E-state index contributed by atoms with van der Waals surface area (Å²) in [6.45, 7) is 8.28. The number of rotatable bonds is 6. The van der Waals surface area contributed by atoms with E-state index in [1.165, 1.54) is 0 Å². The van der Waals surface area contributed by atoms with Gasteiger partial charge in [-0.1, -0.05) is 6.92 Å². The molecule has 1 aromatic heterocycles. The van der Waals surface area contributed by atoms with Gasteiger partial charge in [0.05, 0.1) is 25.8 Å². The standard InChI is InChI=1S/C14H24N4O2/c1-3-5-17-6-4-15-13(17)11-16-12(2)14(19)18-7-9-20-10-8-18/h4,6,12,16H,3,5,7-11H2,1-2H3. The molecule has 1 atom stereocenters. The van der Waals surface area contributed by atoms with Gasteiger partial charge in [-0.3, -0.25) is 10.1 Å². The second-order valence-corrected chi connectivity index (χ2v) is 5.08. The molecule has 1 saturated heterocycles. The fourth-order valence-corrected chi connectivity index (χ4v) is 2.34. The molecule has 0 bridgehead atoms. The van der Waals surface area contributed by atoms with Crippen LogP contribution in [0, 0.1) is 0 Å². The number of nitrogens with zero attached hydrogens (tertiary/aromatic N) is 3. The summed E-state index contributed by atoms with van der Waals surface area (Å²) in [5.74, 6) is 1.12. The highest BCUT2D eigenvalue weighted by Gasteiger charge is 2.22. The number of hydrogen-bond donors (Lipinski definition) is 1. The zero-order valence-electron chi connectivity index (χ0n) is 12.3. The molecule has 0 radical (unpaired) electrons. The molecule has 0 saturated carbocycles. The van der Waals surface area contributed by atoms with Gasteiger partial charge < -0.3 is 14.2 Å². The van der Waals surface area contributed by atoms with Gasteiger partial charge in [0.25, 0.3) is 0 Å². The van der Waals surface area contributed by atoms with Crippen LogP contribution in [0.15, 0.2) is 12.4 Å². The molecule has 1 unspecified atom stereocenters. The Balaban J connectivity index is 1.83. The van der Waals surface area contributed by atoms with Crippen molar-refractivity contribution in [2.45, 2.75) is 39.4 Å². The van der Waals surface area contributed by atoms with Crippen molar-refractivity contribution in [1.82, 2.24) is 19.8 Å². The zero-order chi connectivity index (χ0) is 14.4. The van der Waals surface area contributed by atoms with E-state index < -0.39 is 0 Å². The minimum absolute atomic E-state index is 0.141. The molecule has 0 aliphatic carbocycles. The number of aryl methyl sites for hydroxylation is 1. The maximum atomic E-state index is 12.2. The number of hydrogen-bond acceptors (Lipinski definition) is 4. The molecular formula is C14H24N4O2. The molecule has 1 aromatic rings. The molecular weight excluding hydrogens is 256 g/mol. The van der Waals surface area contributed by atoms with Crippen LogP contribution < -0.4 is 5.32 Å². The van der Waals surface area contributed by atoms with Crippen LogP contribution in [0.25, 0.3) is 0 Å². The van der Waals surface area contributed by atoms with Crippen molar-refractivity contribution in [3.05, 3.63) is 18.2 Å². The highest BCUT2D eigenvalue weighted by Crippen LogP contribution is 2.03. The molecule has 0 aromatic carbocycles. The lowest BCUT2D eigenvalue weighted by molar-refractivity contribution is -0.137. The number of aromatic nitrogens is 2. The van der Waals surface area contributed by atoms with Gasteiger partial charge >= 0.3 is 0 Å². The third-order valence-corrected chi connectivity index (χ3v) is 3.53. The summed E-state index contributed by atoms with van der Waals surface area (Å²) in [6.07, 6.45) is 4.86. The Labute approximate surface area is 120 Å². The van der Waals surface area contributed by atoms with E-state index in [4.69, 9.17) is 4.74 Å². The summed E-state index contributed by atoms with van der Waals surface area (Å²) in [4.78, 5) is 18.4. The average Bonchev–Trinajstić information content (AvgIpc) is 2.92. The first kappa shape index (κ1) is 15.0. The molecule has 2 rings (SSSR count). The Morgan fingerprint density at radius 2 is 2.25 bits per heavy atom. The normalized spacial score (nSPS) is 17.2. The predicted molar refractivity (Wildman–Crippen MR) is 76.2 cm³/mol. The fourth-order valence-electron chi connectivity index (χ4n) is 2.34. The van der Waals surface area contributed by atoms with E-state index in [9.17, 15) is 4.79 Å². The summed E-state index contributed by atoms with van der Waals surface area (Å²) in [6, 6.07) is -0.195. The maximum Gasteiger partial charge on any atom is 0.239 e. The van der Waals surface area contributed by atoms with Crippen LogP contribution in [0.3, 0.4) is 0 Å². The van der Waals surface area contributed by atoms with Gasteiger partial charge in [-0.15, -0.1) is 0 Å². The number of amides is 1. The lowest BCUT2D eigenvalue weighted by Gasteiger charge is -2.29. The third kappa shape index (κ3) is 3.80. The second-order valence-electron chi connectivity index (χ2n) is 5.08. The van der Waals surface area contributed by atoms with Crippen molar-refractivity contribution in [1.29, 1.82) is 0 Å². The Kier molecular flexibility index (Phi) is 5.55. The Bertz CT molecular complexity index is 427. The topological polar surface area (TPSA) is 59.4 Å². The first-order valence-electron chi connectivity index (χ1n) is 7.32. The molecule has 1 N–H and O–H groups in total. The van der Waals surface area contributed by atoms with E-state index in [-0.39, 0.29) is 11.9 Å². The minimum Gasteiger partial charge on any atom is -0.378 e. The number of carbonyl (C=O) groups is 1. The molecule has 1 aliphatic heterocycles. The van der Waals surface area contributed by atoms with Crippen LogP contribution in [-0.2, 0) is 22.6 Å². The summed E-state index contributed by atoms with van der Waals surface area (Å²) in [5.41, 5.74) is 0.